The summed E-state index contributed by atoms with van der Waals surface area (Å²) in [6.07, 6.45) is 0.166. The predicted molar refractivity (Wildman–Crippen MR) is 113 cm³/mol. The summed E-state index contributed by atoms with van der Waals surface area (Å²) in [6.45, 7) is 2.34. The van der Waals surface area contributed by atoms with Crippen molar-refractivity contribution in [2.45, 2.75) is 19.4 Å². The van der Waals surface area contributed by atoms with Gasteiger partial charge in [-0.1, -0.05) is 42.5 Å². The maximum atomic E-state index is 12.6. The zero-order valence-corrected chi connectivity index (χ0v) is 17.3. The highest BCUT2D eigenvalue weighted by molar-refractivity contribution is 5.78. The molecular weight excluding hydrogens is 366 g/mol. The molecule has 0 spiro atoms. The normalized spacial score (nSPS) is 12.0. The smallest absolute Gasteiger partial charge is 0.230 e. The Bertz CT molecular complexity index is 951. The summed E-state index contributed by atoms with van der Waals surface area (Å²) in [4.78, 5) is 19.2. The molecule has 0 fully saturated rings. The molecule has 3 aromatic rings. The van der Waals surface area contributed by atoms with Crippen molar-refractivity contribution in [2.24, 2.45) is 0 Å². The Labute approximate surface area is 171 Å². The van der Waals surface area contributed by atoms with Crippen LogP contribution in [0.15, 0.2) is 59.0 Å². The molecule has 1 atom stereocenters. The third-order valence-electron chi connectivity index (χ3n) is 4.86. The Morgan fingerprint density at radius 3 is 2.52 bits per heavy atom. The van der Waals surface area contributed by atoms with Gasteiger partial charge in [0.25, 0.3) is 0 Å². The second-order valence-electron chi connectivity index (χ2n) is 7.09. The van der Waals surface area contributed by atoms with E-state index in [1.54, 1.807) is 7.11 Å². The van der Waals surface area contributed by atoms with Crippen molar-refractivity contribution >= 4 is 5.91 Å². The minimum absolute atomic E-state index is 0.0873. The molecule has 0 bridgehead atoms. The van der Waals surface area contributed by atoms with Gasteiger partial charge in [-0.25, -0.2) is 4.98 Å². The van der Waals surface area contributed by atoms with Crippen molar-refractivity contribution in [3.63, 3.8) is 0 Å². The number of hydrogen-bond acceptors (Lipinski definition) is 5. The minimum Gasteiger partial charge on any atom is -0.496 e. The van der Waals surface area contributed by atoms with Crippen molar-refractivity contribution in [3.05, 3.63) is 71.6 Å². The van der Waals surface area contributed by atoms with Crippen LogP contribution in [0.2, 0.25) is 0 Å². The van der Waals surface area contributed by atoms with Crippen molar-refractivity contribution in [3.8, 4) is 17.2 Å². The molecule has 0 saturated heterocycles. The predicted octanol–water partition coefficient (Wildman–Crippen LogP) is 3.62. The topological polar surface area (TPSA) is 67.6 Å². The number of oxazole rings is 1. The van der Waals surface area contributed by atoms with Crippen LogP contribution in [0.5, 0.6) is 5.75 Å². The molecule has 29 heavy (non-hydrogen) atoms. The maximum Gasteiger partial charge on any atom is 0.230 e. The molecule has 0 aliphatic rings. The standard InChI is InChI=1S/C23H27N3O3/c1-16-19(25-23(29-16)18-12-8-9-13-21(18)28-4)14-22(27)24-15-20(26(2)3)17-10-6-5-7-11-17/h5-13,20H,14-15H2,1-4H3,(H,24,27). The van der Waals surface area contributed by atoms with E-state index in [2.05, 4.69) is 27.3 Å². The van der Waals surface area contributed by atoms with Crippen LogP contribution in [0.1, 0.15) is 23.1 Å². The van der Waals surface area contributed by atoms with Gasteiger partial charge < -0.3 is 19.4 Å². The monoisotopic (exact) mass is 393 g/mol. The molecule has 6 heteroatoms. The quantitative estimate of drug-likeness (QED) is 0.633. The SMILES string of the molecule is COc1ccccc1-c1nc(CC(=O)NCC(c2ccccc2)N(C)C)c(C)o1. The second-order valence-corrected chi connectivity index (χ2v) is 7.09. The van der Waals surface area contributed by atoms with Gasteiger partial charge in [0, 0.05) is 6.54 Å². The Hall–Kier alpha value is -3.12. The molecule has 1 heterocycles. The van der Waals surface area contributed by atoms with Crippen LogP contribution in [0.3, 0.4) is 0 Å². The van der Waals surface area contributed by atoms with Crippen LogP contribution in [0.4, 0.5) is 0 Å². The molecule has 0 aliphatic heterocycles. The van der Waals surface area contributed by atoms with Crippen LogP contribution in [0, 0.1) is 6.92 Å². The summed E-state index contributed by atoms with van der Waals surface area (Å²) >= 11 is 0. The summed E-state index contributed by atoms with van der Waals surface area (Å²) in [5.74, 6) is 1.68. The molecular formula is C23H27N3O3. The third kappa shape index (κ3) is 5.03. The van der Waals surface area contributed by atoms with E-state index >= 15 is 0 Å². The van der Waals surface area contributed by atoms with E-state index in [-0.39, 0.29) is 18.4 Å². The van der Waals surface area contributed by atoms with Crippen LogP contribution in [-0.4, -0.2) is 43.5 Å². The Morgan fingerprint density at radius 2 is 1.83 bits per heavy atom. The van der Waals surface area contributed by atoms with Crippen LogP contribution < -0.4 is 10.1 Å². The molecule has 6 nitrogen and oxygen atoms in total. The highest BCUT2D eigenvalue weighted by atomic mass is 16.5. The summed E-state index contributed by atoms with van der Waals surface area (Å²) in [5.41, 5.74) is 2.56. The average molecular weight is 393 g/mol. The number of likely N-dealkylation sites (N-methyl/N-ethyl adjacent to an activating group) is 1. The molecule has 3 rings (SSSR count). The number of nitrogens with zero attached hydrogens (tertiary/aromatic N) is 2. The van der Waals surface area contributed by atoms with E-state index in [9.17, 15) is 4.79 Å². The van der Waals surface area contributed by atoms with Gasteiger partial charge in [-0.15, -0.1) is 0 Å². The lowest BCUT2D eigenvalue weighted by atomic mass is 10.1. The highest BCUT2D eigenvalue weighted by Crippen LogP contribution is 2.30. The minimum atomic E-state index is -0.0873. The Morgan fingerprint density at radius 1 is 1.14 bits per heavy atom. The fourth-order valence-electron chi connectivity index (χ4n) is 3.23. The summed E-state index contributed by atoms with van der Waals surface area (Å²) < 4.78 is 11.2. The highest BCUT2D eigenvalue weighted by Gasteiger charge is 2.19. The number of methoxy groups -OCH3 is 1. The van der Waals surface area contributed by atoms with Crippen LogP contribution in [-0.2, 0) is 11.2 Å². The fourth-order valence-corrected chi connectivity index (χ4v) is 3.23. The number of amides is 1. The van der Waals surface area contributed by atoms with E-state index in [1.807, 2.05) is 63.5 Å². The van der Waals surface area contributed by atoms with Crippen molar-refractivity contribution < 1.29 is 13.9 Å². The zero-order chi connectivity index (χ0) is 20.8. The first kappa shape index (κ1) is 20.6. The Kier molecular flexibility index (Phi) is 6.67. The van der Waals surface area contributed by atoms with E-state index in [0.29, 0.717) is 29.6 Å². The number of hydrogen-bond donors (Lipinski definition) is 1. The van der Waals surface area contributed by atoms with E-state index in [1.165, 1.54) is 0 Å². The molecule has 1 amide bonds. The molecule has 0 radical (unpaired) electrons. The number of carbonyl (C=O) groups is 1. The number of rotatable bonds is 8. The molecule has 2 aromatic carbocycles. The van der Waals surface area contributed by atoms with Gasteiger partial charge in [0.1, 0.15) is 11.5 Å². The van der Waals surface area contributed by atoms with Gasteiger partial charge >= 0.3 is 0 Å². The number of nitrogens with one attached hydrogen (secondary N) is 1. The number of ether oxygens (including phenoxy) is 1. The molecule has 1 aromatic heterocycles. The summed E-state index contributed by atoms with van der Waals surface area (Å²) in [5, 5.41) is 3.02. The van der Waals surface area contributed by atoms with Gasteiger partial charge in [-0.05, 0) is 38.7 Å². The van der Waals surface area contributed by atoms with Crippen molar-refractivity contribution in [2.75, 3.05) is 27.7 Å². The van der Waals surface area contributed by atoms with E-state index in [4.69, 9.17) is 9.15 Å². The number of carbonyl (C=O) groups excluding carboxylic acids is 1. The first-order chi connectivity index (χ1) is 14.0. The lowest BCUT2D eigenvalue weighted by Gasteiger charge is -2.25. The number of aromatic nitrogens is 1. The lowest BCUT2D eigenvalue weighted by Crippen LogP contribution is -2.35. The second kappa shape index (κ2) is 9.39. The van der Waals surface area contributed by atoms with Gasteiger partial charge in [0.15, 0.2) is 0 Å². The van der Waals surface area contributed by atoms with Crippen LogP contribution in [0.25, 0.3) is 11.5 Å². The van der Waals surface area contributed by atoms with Crippen molar-refractivity contribution in [1.82, 2.24) is 15.2 Å². The molecule has 0 aliphatic carbocycles. The van der Waals surface area contributed by atoms with Gasteiger partial charge in [-0.2, -0.15) is 0 Å². The molecule has 1 unspecified atom stereocenters. The van der Waals surface area contributed by atoms with E-state index < -0.39 is 0 Å². The summed E-state index contributed by atoms with van der Waals surface area (Å²) in [7, 11) is 5.62. The maximum absolute atomic E-state index is 12.6. The third-order valence-corrected chi connectivity index (χ3v) is 4.86. The summed E-state index contributed by atoms with van der Waals surface area (Å²) in [6, 6.07) is 17.8. The lowest BCUT2D eigenvalue weighted by molar-refractivity contribution is -0.120. The fraction of sp³-hybridized carbons (Fsp3) is 0.304. The molecule has 152 valence electrons. The number of para-hydroxylation sites is 1. The first-order valence-electron chi connectivity index (χ1n) is 9.57. The Balaban J connectivity index is 1.67. The van der Waals surface area contributed by atoms with Gasteiger partial charge in [0.2, 0.25) is 11.8 Å². The van der Waals surface area contributed by atoms with Crippen LogP contribution >= 0.6 is 0 Å². The molecule has 1 N–H and O–H groups in total. The number of benzene rings is 2. The number of aryl methyl sites for hydroxylation is 1. The largest absolute Gasteiger partial charge is 0.496 e. The van der Waals surface area contributed by atoms with E-state index in [0.717, 1.165) is 11.1 Å². The van der Waals surface area contributed by atoms with Gasteiger partial charge in [-0.3, -0.25) is 4.79 Å². The zero-order valence-electron chi connectivity index (χ0n) is 17.3. The van der Waals surface area contributed by atoms with Gasteiger partial charge in [0.05, 0.1) is 30.8 Å². The first-order valence-corrected chi connectivity index (χ1v) is 9.57. The average Bonchev–Trinajstić information content (AvgIpc) is 3.08. The molecule has 0 saturated carbocycles. The van der Waals surface area contributed by atoms with Crippen molar-refractivity contribution in [1.29, 1.82) is 0 Å².